The molecule has 0 atom stereocenters. The molecule has 5 rings (SSSR count). The lowest BCUT2D eigenvalue weighted by molar-refractivity contribution is -0.129. The average molecular weight is 509 g/mol. The summed E-state index contributed by atoms with van der Waals surface area (Å²) in [4.78, 5) is 55.1. The largest absolute Gasteiger partial charge is 0.337 e. The van der Waals surface area contributed by atoms with E-state index in [1.54, 1.807) is 59.5 Å². The Morgan fingerprint density at radius 3 is 2.49 bits per heavy atom. The first-order valence-corrected chi connectivity index (χ1v) is 12.2. The summed E-state index contributed by atoms with van der Waals surface area (Å²) in [6.07, 6.45) is 0.503. The summed E-state index contributed by atoms with van der Waals surface area (Å²) in [5.41, 5.74) is 0.656. The van der Waals surface area contributed by atoms with Crippen LogP contribution >= 0.6 is 22.9 Å². The zero-order chi connectivity index (χ0) is 24.7. The van der Waals surface area contributed by atoms with Crippen LogP contribution in [0.4, 0.5) is 5.69 Å². The van der Waals surface area contributed by atoms with Crippen LogP contribution in [0.5, 0.6) is 0 Å². The van der Waals surface area contributed by atoms with Gasteiger partial charge in [0, 0.05) is 18.3 Å². The van der Waals surface area contributed by atoms with Gasteiger partial charge in [-0.1, -0.05) is 41.9 Å². The second-order valence-corrected chi connectivity index (χ2v) is 9.74. The van der Waals surface area contributed by atoms with Gasteiger partial charge in [-0.2, -0.15) is 0 Å². The topological polar surface area (TPSA) is 93.4 Å². The first-order valence-electron chi connectivity index (χ1n) is 11.0. The van der Waals surface area contributed by atoms with Crippen molar-refractivity contribution in [1.82, 2.24) is 14.0 Å². The number of anilines is 1. The van der Waals surface area contributed by atoms with Gasteiger partial charge >= 0.3 is 5.69 Å². The van der Waals surface area contributed by atoms with Gasteiger partial charge in [0.1, 0.15) is 11.4 Å². The third kappa shape index (κ3) is 4.17. The molecule has 0 radical (unpaired) electrons. The number of halogens is 1. The number of aromatic nitrogens is 2. The maximum Gasteiger partial charge on any atom is 0.337 e. The van der Waals surface area contributed by atoms with E-state index in [1.807, 2.05) is 0 Å². The van der Waals surface area contributed by atoms with Crippen LogP contribution in [0.2, 0.25) is 5.02 Å². The zero-order valence-corrected chi connectivity index (χ0v) is 20.4. The molecule has 1 aliphatic rings. The summed E-state index contributed by atoms with van der Waals surface area (Å²) in [6.45, 7) is 2.07. The van der Waals surface area contributed by atoms with E-state index in [9.17, 15) is 19.2 Å². The average Bonchev–Trinajstić information content (AvgIpc) is 3.23. The van der Waals surface area contributed by atoms with Crippen LogP contribution in [-0.2, 0) is 29.1 Å². The van der Waals surface area contributed by atoms with Crippen molar-refractivity contribution >= 4 is 50.7 Å². The van der Waals surface area contributed by atoms with E-state index in [0.29, 0.717) is 46.1 Å². The third-order valence-electron chi connectivity index (χ3n) is 6.03. The molecular formula is C25H21ClN4O4S. The Morgan fingerprint density at radius 2 is 1.77 bits per heavy atom. The van der Waals surface area contributed by atoms with Crippen molar-refractivity contribution in [3.05, 3.63) is 90.9 Å². The minimum Gasteiger partial charge on any atom is -0.337 e. The van der Waals surface area contributed by atoms with Crippen molar-refractivity contribution < 1.29 is 9.59 Å². The van der Waals surface area contributed by atoms with E-state index in [0.717, 1.165) is 15.0 Å². The molecule has 1 aliphatic heterocycles. The molecule has 2 aromatic carbocycles. The fourth-order valence-corrected chi connectivity index (χ4v) is 5.84. The number of hydrogen-bond donors (Lipinski definition) is 1. The van der Waals surface area contributed by atoms with E-state index >= 15 is 0 Å². The van der Waals surface area contributed by atoms with Crippen LogP contribution in [0.3, 0.4) is 0 Å². The Balaban J connectivity index is 1.68. The summed E-state index contributed by atoms with van der Waals surface area (Å²) in [7, 11) is 0. The molecule has 0 saturated heterocycles. The SMILES string of the molecule is CC(=O)N1CCc2c(sc3c2c(=O)n(-c2ccccc2)c(=O)n3CC(=O)Nc2ccccc2Cl)C1. The molecule has 0 saturated carbocycles. The van der Waals surface area contributed by atoms with Gasteiger partial charge in [0.15, 0.2) is 0 Å². The van der Waals surface area contributed by atoms with E-state index < -0.39 is 17.2 Å². The lowest BCUT2D eigenvalue weighted by Crippen LogP contribution is -2.41. The van der Waals surface area contributed by atoms with Crippen molar-refractivity contribution in [2.45, 2.75) is 26.4 Å². The van der Waals surface area contributed by atoms with Gasteiger partial charge in [0.05, 0.1) is 28.3 Å². The Hall–Kier alpha value is -3.69. The molecule has 0 bridgehead atoms. The Labute approximate surface area is 209 Å². The standard InChI is InChI=1S/C25H21ClN4O4S/c1-15(31)28-12-11-17-20(13-28)35-24-22(17)23(33)30(16-7-3-2-4-8-16)25(34)29(24)14-21(32)27-19-10-6-5-9-18(19)26/h2-10H,11-14H2,1H3,(H,27,32). The quantitative estimate of drug-likeness (QED) is 0.457. The van der Waals surface area contributed by atoms with Crippen LogP contribution < -0.4 is 16.6 Å². The highest BCUT2D eigenvalue weighted by Crippen LogP contribution is 2.33. The molecule has 178 valence electrons. The lowest BCUT2D eigenvalue weighted by Gasteiger charge is -2.25. The van der Waals surface area contributed by atoms with Gasteiger partial charge in [-0.15, -0.1) is 11.3 Å². The number of fused-ring (bicyclic) bond motifs is 3. The number of rotatable bonds is 4. The maximum atomic E-state index is 13.6. The summed E-state index contributed by atoms with van der Waals surface area (Å²) in [5.74, 6) is -0.497. The van der Waals surface area contributed by atoms with Crippen molar-refractivity contribution in [3.63, 3.8) is 0 Å². The van der Waals surface area contributed by atoms with E-state index in [4.69, 9.17) is 11.6 Å². The normalized spacial score (nSPS) is 13.0. The van der Waals surface area contributed by atoms with E-state index in [2.05, 4.69) is 5.32 Å². The van der Waals surface area contributed by atoms with Gasteiger partial charge < -0.3 is 10.2 Å². The molecule has 35 heavy (non-hydrogen) atoms. The Bertz CT molecular complexity index is 1590. The summed E-state index contributed by atoms with van der Waals surface area (Å²) < 4.78 is 2.44. The van der Waals surface area contributed by atoms with Gasteiger partial charge in [-0.05, 0) is 36.2 Å². The highest BCUT2D eigenvalue weighted by Gasteiger charge is 2.28. The number of carbonyl (C=O) groups excluding carboxylic acids is 2. The Morgan fingerprint density at radius 1 is 1.06 bits per heavy atom. The van der Waals surface area contributed by atoms with Gasteiger partial charge in [-0.3, -0.25) is 19.0 Å². The van der Waals surface area contributed by atoms with Crippen molar-refractivity contribution in [3.8, 4) is 5.69 Å². The molecule has 10 heteroatoms. The van der Waals surface area contributed by atoms with Crippen LogP contribution in [-0.4, -0.2) is 32.4 Å². The summed E-state index contributed by atoms with van der Waals surface area (Å²) in [5, 5.41) is 3.54. The Kier molecular flexibility index (Phi) is 6.04. The molecule has 3 heterocycles. The minimum atomic E-state index is -0.606. The first-order chi connectivity index (χ1) is 16.8. The van der Waals surface area contributed by atoms with Gasteiger partial charge in [-0.25, -0.2) is 9.36 Å². The van der Waals surface area contributed by atoms with Gasteiger partial charge in [0.25, 0.3) is 5.56 Å². The second-order valence-electron chi connectivity index (χ2n) is 8.25. The second kappa shape index (κ2) is 9.16. The van der Waals surface area contributed by atoms with Crippen molar-refractivity contribution in [2.75, 3.05) is 11.9 Å². The molecule has 0 spiro atoms. The predicted molar refractivity (Wildman–Crippen MR) is 137 cm³/mol. The molecule has 0 unspecified atom stereocenters. The third-order valence-corrected chi connectivity index (χ3v) is 7.60. The molecular weight excluding hydrogens is 488 g/mol. The number of nitrogens with zero attached hydrogens (tertiary/aromatic N) is 3. The van der Waals surface area contributed by atoms with Gasteiger partial charge in [0.2, 0.25) is 11.8 Å². The maximum absolute atomic E-state index is 13.6. The molecule has 2 amide bonds. The number of amides is 2. The fraction of sp³-hybridized carbons (Fsp3) is 0.200. The molecule has 4 aromatic rings. The van der Waals surface area contributed by atoms with Crippen LogP contribution in [0.15, 0.2) is 64.2 Å². The van der Waals surface area contributed by atoms with Crippen LogP contribution in [0.25, 0.3) is 15.9 Å². The fourth-order valence-electron chi connectivity index (χ4n) is 4.31. The number of para-hydroxylation sites is 2. The highest BCUT2D eigenvalue weighted by molar-refractivity contribution is 7.18. The molecule has 8 nitrogen and oxygen atoms in total. The predicted octanol–water partition coefficient (Wildman–Crippen LogP) is 3.41. The van der Waals surface area contributed by atoms with Crippen molar-refractivity contribution in [1.29, 1.82) is 0 Å². The zero-order valence-electron chi connectivity index (χ0n) is 18.8. The minimum absolute atomic E-state index is 0.0497. The number of nitrogens with one attached hydrogen (secondary N) is 1. The smallest absolute Gasteiger partial charge is 0.337 e. The highest BCUT2D eigenvalue weighted by atomic mass is 35.5. The lowest BCUT2D eigenvalue weighted by atomic mass is 10.1. The van der Waals surface area contributed by atoms with Crippen LogP contribution in [0, 0.1) is 0 Å². The monoisotopic (exact) mass is 508 g/mol. The van der Waals surface area contributed by atoms with E-state index in [-0.39, 0.29) is 12.5 Å². The molecule has 1 N–H and O–H groups in total. The number of benzene rings is 2. The number of carbonyl (C=O) groups is 2. The van der Waals surface area contributed by atoms with E-state index in [1.165, 1.54) is 22.8 Å². The van der Waals surface area contributed by atoms with Crippen LogP contribution in [0.1, 0.15) is 17.4 Å². The number of thiophene rings is 1. The summed E-state index contributed by atoms with van der Waals surface area (Å²) in [6, 6.07) is 15.5. The molecule has 0 fully saturated rings. The molecule has 2 aromatic heterocycles. The number of hydrogen-bond acceptors (Lipinski definition) is 5. The summed E-state index contributed by atoms with van der Waals surface area (Å²) >= 11 is 7.45. The van der Waals surface area contributed by atoms with Crippen molar-refractivity contribution in [2.24, 2.45) is 0 Å². The molecule has 0 aliphatic carbocycles. The first kappa shape index (κ1) is 23.1.